The third-order valence-corrected chi connectivity index (χ3v) is 8.21. The summed E-state index contributed by atoms with van der Waals surface area (Å²) in [6.45, 7) is 7.33. The number of fused-ring (bicyclic) bond motifs is 3. The molecule has 1 aliphatic carbocycles. The number of nitrogens with zero attached hydrogens (tertiary/aromatic N) is 4. The Kier molecular flexibility index (Phi) is 8.00. The zero-order valence-electron chi connectivity index (χ0n) is 24.6. The highest BCUT2D eigenvalue weighted by molar-refractivity contribution is 5.96. The zero-order chi connectivity index (χ0) is 30.2. The Balaban J connectivity index is 1.46. The van der Waals surface area contributed by atoms with Gasteiger partial charge in [0, 0.05) is 18.9 Å². The summed E-state index contributed by atoms with van der Waals surface area (Å²) in [5.74, 6) is -2.36. The smallest absolute Gasteiger partial charge is 0.408 e. The maximum Gasteiger partial charge on any atom is 0.408 e. The third kappa shape index (κ3) is 6.27. The minimum absolute atomic E-state index is 0.132. The van der Waals surface area contributed by atoms with Crippen LogP contribution in [0.4, 0.5) is 4.79 Å². The average Bonchev–Trinajstić information content (AvgIpc) is 3.22. The molecule has 0 unspecified atom stereocenters. The predicted molar refractivity (Wildman–Crippen MR) is 153 cm³/mol. The Morgan fingerprint density at radius 2 is 1.90 bits per heavy atom. The Hall–Kier alpha value is -3.96. The van der Waals surface area contributed by atoms with Gasteiger partial charge in [-0.1, -0.05) is 31.1 Å². The molecule has 226 valence electrons. The number of nitrogens with one attached hydrogen (secondary N) is 2. The van der Waals surface area contributed by atoms with E-state index in [2.05, 4.69) is 20.8 Å². The van der Waals surface area contributed by atoms with E-state index < -0.39 is 53.1 Å². The van der Waals surface area contributed by atoms with Gasteiger partial charge >= 0.3 is 12.1 Å². The van der Waals surface area contributed by atoms with Crippen LogP contribution in [0.15, 0.2) is 30.4 Å². The molecule has 12 heteroatoms. The van der Waals surface area contributed by atoms with Gasteiger partial charge in [0.25, 0.3) is 0 Å². The van der Waals surface area contributed by atoms with Gasteiger partial charge < -0.3 is 25.4 Å². The molecule has 3 heterocycles. The molecule has 3 N–H and O–H groups in total. The largest absolute Gasteiger partial charge is 0.479 e. The molecule has 5 atom stereocenters. The van der Waals surface area contributed by atoms with Gasteiger partial charge in [-0.05, 0) is 71.1 Å². The second-order valence-electron chi connectivity index (χ2n) is 12.7. The Bertz CT molecular complexity index is 1410. The number of hydrogen-bond acceptors (Lipinski definition) is 7. The Labute approximate surface area is 244 Å². The first-order valence-corrected chi connectivity index (χ1v) is 14.7. The molecular formula is C30H40N6O6. The van der Waals surface area contributed by atoms with Gasteiger partial charge in [0.15, 0.2) is 0 Å². The van der Waals surface area contributed by atoms with Crippen LogP contribution in [0.2, 0.25) is 0 Å². The summed E-state index contributed by atoms with van der Waals surface area (Å²) >= 11 is 0. The highest BCUT2D eigenvalue weighted by atomic mass is 16.6. The van der Waals surface area contributed by atoms with Crippen molar-refractivity contribution < 1.29 is 29.0 Å². The van der Waals surface area contributed by atoms with Gasteiger partial charge in [-0.25, -0.2) is 9.59 Å². The molecule has 3 aliphatic rings. The second kappa shape index (κ2) is 11.4. The van der Waals surface area contributed by atoms with E-state index in [9.17, 15) is 24.3 Å². The standard InChI is InChI=1S/C30H40N6O6/c1-18-12-13-21-23(14-18)34-36(33-21)20-15-24-25(37)32-30(27(39)40)16-19(30)10-8-6-5-7-9-11-22(26(38)35(24)17-20)31-28(41)42-29(2,3)4/h8,10,12-14,19-20,22,24H,5-7,9,11,15-17H2,1-4H3,(H,31,41)(H,32,37)(H,39,40)/t19-,20+,22-,24+,30+/m1/s1. The van der Waals surface area contributed by atoms with E-state index in [1.165, 1.54) is 4.90 Å². The lowest BCUT2D eigenvalue weighted by Crippen LogP contribution is -2.56. The van der Waals surface area contributed by atoms with Gasteiger partial charge in [-0.3, -0.25) is 9.59 Å². The van der Waals surface area contributed by atoms with Gasteiger partial charge in [0.05, 0.1) is 6.04 Å². The fraction of sp³-hybridized carbons (Fsp3) is 0.600. The van der Waals surface area contributed by atoms with E-state index in [1.807, 2.05) is 37.3 Å². The van der Waals surface area contributed by atoms with Crippen LogP contribution in [-0.2, 0) is 19.1 Å². The number of allylic oxidation sites excluding steroid dienone is 1. The number of benzene rings is 1. The molecule has 2 aliphatic heterocycles. The van der Waals surface area contributed by atoms with Crippen molar-refractivity contribution in [2.24, 2.45) is 5.92 Å². The number of aryl methyl sites for hydroxylation is 1. The molecule has 42 heavy (non-hydrogen) atoms. The van der Waals surface area contributed by atoms with E-state index in [-0.39, 0.29) is 18.9 Å². The molecular weight excluding hydrogens is 540 g/mol. The fourth-order valence-corrected chi connectivity index (χ4v) is 5.90. The SMILES string of the molecule is Cc1ccc2nn([C@H]3C[C@H]4C(=O)N[C@@]5(C(=O)O)C[C@H]5C=CCCCCC[C@@H](NC(=O)OC(C)(C)C)C(=O)N4C3)nc2c1. The molecule has 1 saturated heterocycles. The molecule has 1 aromatic carbocycles. The number of carbonyl (C=O) groups is 4. The molecule has 0 spiro atoms. The van der Waals surface area contributed by atoms with Crippen molar-refractivity contribution in [1.82, 2.24) is 30.5 Å². The molecule has 1 aromatic heterocycles. The lowest BCUT2D eigenvalue weighted by atomic mass is 10.0. The lowest BCUT2D eigenvalue weighted by molar-refractivity contribution is -0.145. The summed E-state index contributed by atoms with van der Waals surface area (Å²) in [5, 5.41) is 24.8. The number of carbonyl (C=O) groups excluding carboxylic acids is 3. The monoisotopic (exact) mass is 580 g/mol. The molecule has 5 rings (SSSR count). The van der Waals surface area contributed by atoms with Crippen LogP contribution in [0.1, 0.15) is 77.3 Å². The molecule has 3 amide bonds. The van der Waals surface area contributed by atoms with Crippen molar-refractivity contribution in [3.63, 3.8) is 0 Å². The van der Waals surface area contributed by atoms with Crippen molar-refractivity contribution in [2.75, 3.05) is 6.54 Å². The van der Waals surface area contributed by atoms with Crippen molar-refractivity contribution in [2.45, 2.75) is 102 Å². The number of hydrogen-bond donors (Lipinski definition) is 3. The van der Waals surface area contributed by atoms with Crippen LogP contribution >= 0.6 is 0 Å². The minimum Gasteiger partial charge on any atom is -0.479 e. The van der Waals surface area contributed by atoms with Crippen LogP contribution in [0, 0.1) is 12.8 Å². The third-order valence-electron chi connectivity index (χ3n) is 8.21. The highest BCUT2D eigenvalue weighted by Crippen LogP contribution is 2.45. The van der Waals surface area contributed by atoms with Crippen LogP contribution in [0.25, 0.3) is 11.0 Å². The number of rotatable bonds is 3. The summed E-state index contributed by atoms with van der Waals surface area (Å²) in [5.41, 5.74) is 0.287. The van der Waals surface area contributed by atoms with Crippen molar-refractivity contribution in [3.05, 3.63) is 35.9 Å². The van der Waals surface area contributed by atoms with Crippen LogP contribution in [0.3, 0.4) is 0 Å². The predicted octanol–water partition coefficient (Wildman–Crippen LogP) is 3.25. The summed E-state index contributed by atoms with van der Waals surface area (Å²) in [6, 6.07) is 3.43. The summed E-state index contributed by atoms with van der Waals surface area (Å²) in [7, 11) is 0. The highest BCUT2D eigenvalue weighted by Gasteiger charge is 2.61. The van der Waals surface area contributed by atoms with E-state index in [4.69, 9.17) is 4.74 Å². The Morgan fingerprint density at radius 1 is 1.14 bits per heavy atom. The zero-order valence-corrected chi connectivity index (χ0v) is 24.6. The summed E-state index contributed by atoms with van der Waals surface area (Å²) in [6.07, 6.45) is 7.14. The first-order chi connectivity index (χ1) is 19.9. The quantitative estimate of drug-likeness (QED) is 0.467. The van der Waals surface area contributed by atoms with E-state index >= 15 is 0 Å². The van der Waals surface area contributed by atoms with Crippen LogP contribution < -0.4 is 10.6 Å². The number of aliphatic carboxylic acids is 1. The fourth-order valence-electron chi connectivity index (χ4n) is 5.90. The number of ether oxygens (including phenoxy) is 1. The molecule has 0 bridgehead atoms. The maximum atomic E-state index is 14.1. The molecule has 2 aromatic rings. The van der Waals surface area contributed by atoms with Gasteiger partial charge in [-0.2, -0.15) is 15.0 Å². The topological polar surface area (TPSA) is 156 Å². The number of carboxylic acid groups (broad SMARTS) is 1. The summed E-state index contributed by atoms with van der Waals surface area (Å²) in [4.78, 5) is 55.9. The molecule has 12 nitrogen and oxygen atoms in total. The maximum absolute atomic E-state index is 14.1. The van der Waals surface area contributed by atoms with Crippen LogP contribution in [-0.4, -0.2) is 78.6 Å². The first kappa shape index (κ1) is 29.5. The summed E-state index contributed by atoms with van der Waals surface area (Å²) < 4.78 is 5.44. The van der Waals surface area contributed by atoms with E-state index in [0.29, 0.717) is 30.3 Å². The number of aromatic nitrogens is 3. The van der Waals surface area contributed by atoms with E-state index in [0.717, 1.165) is 24.8 Å². The number of amides is 3. The molecule has 1 saturated carbocycles. The van der Waals surface area contributed by atoms with Crippen molar-refractivity contribution >= 4 is 34.9 Å². The normalized spacial score (nSPS) is 28.7. The van der Waals surface area contributed by atoms with Crippen LogP contribution in [0.5, 0.6) is 0 Å². The average molecular weight is 581 g/mol. The van der Waals surface area contributed by atoms with Gasteiger partial charge in [0.1, 0.15) is 34.3 Å². The number of alkyl carbamates (subject to hydrolysis) is 1. The lowest BCUT2D eigenvalue weighted by Gasteiger charge is -2.30. The number of carboxylic acids is 1. The molecule has 0 radical (unpaired) electrons. The Morgan fingerprint density at radius 3 is 2.64 bits per heavy atom. The van der Waals surface area contributed by atoms with E-state index in [1.54, 1.807) is 25.6 Å². The van der Waals surface area contributed by atoms with Gasteiger partial charge in [0.2, 0.25) is 11.8 Å². The minimum atomic E-state index is -1.40. The second-order valence-corrected chi connectivity index (χ2v) is 12.7. The van der Waals surface area contributed by atoms with Gasteiger partial charge in [-0.15, -0.1) is 0 Å². The molecule has 2 fully saturated rings. The first-order valence-electron chi connectivity index (χ1n) is 14.7. The van der Waals surface area contributed by atoms with Crippen molar-refractivity contribution in [1.29, 1.82) is 0 Å². The van der Waals surface area contributed by atoms with Crippen molar-refractivity contribution in [3.8, 4) is 0 Å².